The molecule has 0 fully saturated rings. The van der Waals surface area contributed by atoms with Crippen LogP contribution in [0.1, 0.15) is 11.6 Å². The maximum atomic E-state index is 11.1. The lowest BCUT2D eigenvalue weighted by Gasteiger charge is -2.11. The van der Waals surface area contributed by atoms with Crippen LogP contribution in [0.4, 0.5) is 0 Å². The van der Waals surface area contributed by atoms with Crippen molar-refractivity contribution in [3.8, 4) is 0 Å². The highest BCUT2D eigenvalue weighted by molar-refractivity contribution is 6.33. The minimum absolute atomic E-state index is 0.396. The maximum Gasteiger partial charge on any atom is 0.327 e. The average molecular weight is 234 g/mol. The van der Waals surface area contributed by atoms with Gasteiger partial charge in [-0.1, -0.05) is 23.2 Å². The second kappa shape index (κ2) is 4.64. The molecule has 0 aromatic heterocycles. The molecule has 1 atom stereocenters. The van der Waals surface area contributed by atoms with Crippen LogP contribution in [0.2, 0.25) is 10.0 Å². The molecule has 0 aliphatic rings. The minimum Gasteiger partial charge on any atom is -0.468 e. The van der Waals surface area contributed by atoms with Crippen molar-refractivity contribution in [2.75, 3.05) is 7.11 Å². The Hall–Kier alpha value is -0.770. The van der Waals surface area contributed by atoms with E-state index in [4.69, 9.17) is 28.9 Å². The minimum atomic E-state index is -0.897. The van der Waals surface area contributed by atoms with Gasteiger partial charge in [0, 0.05) is 15.6 Å². The molecule has 0 amide bonds. The van der Waals surface area contributed by atoms with Gasteiger partial charge in [0.15, 0.2) is 0 Å². The van der Waals surface area contributed by atoms with Gasteiger partial charge in [0.05, 0.1) is 7.11 Å². The Kier molecular flexibility index (Phi) is 3.75. The number of hydrogen-bond acceptors (Lipinski definition) is 3. The van der Waals surface area contributed by atoms with E-state index in [2.05, 4.69) is 4.74 Å². The Morgan fingerprint density at radius 2 is 2.14 bits per heavy atom. The van der Waals surface area contributed by atoms with Crippen LogP contribution in [0.25, 0.3) is 0 Å². The van der Waals surface area contributed by atoms with E-state index in [-0.39, 0.29) is 0 Å². The zero-order valence-corrected chi connectivity index (χ0v) is 8.97. The first-order chi connectivity index (χ1) is 6.56. The number of hydrogen-bond donors (Lipinski definition) is 1. The van der Waals surface area contributed by atoms with Crippen molar-refractivity contribution in [2.45, 2.75) is 6.04 Å². The molecular weight excluding hydrogens is 225 g/mol. The summed E-state index contributed by atoms with van der Waals surface area (Å²) in [6.07, 6.45) is 0. The van der Waals surface area contributed by atoms with E-state index in [1.807, 2.05) is 0 Å². The SMILES string of the molecule is COC(=O)C(N)c1cc(Cl)ccc1Cl. The molecule has 0 aliphatic heterocycles. The van der Waals surface area contributed by atoms with Gasteiger partial charge in [0.1, 0.15) is 6.04 Å². The number of esters is 1. The summed E-state index contributed by atoms with van der Waals surface area (Å²) in [4.78, 5) is 11.1. The fraction of sp³-hybridized carbons (Fsp3) is 0.222. The Morgan fingerprint density at radius 1 is 1.50 bits per heavy atom. The van der Waals surface area contributed by atoms with Crippen LogP contribution in [0.5, 0.6) is 0 Å². The number of rotatable bonds is 2. The predicted molar refractivity (Wildman–Crippen MR) is 55.4 cm³/mol. The van der Waals surface area contributed by atoms with Crippen molar-refractivity contribution in [3.63, 3.8) is 0 Å². The van der Waals surface area contributed by atoms with E-state index >= 15 is 0 Å². The first-order valence-corrected chi connectivity index (χ1v) is 4.60. The number of carbonyl (C=O) groups is 1. The van der Waals surface area contributed by atoms with E-state index in [0.717, 1.165) is 0 Å². The molecule has 0 saturated carbocycles. The molecule has 0 heterocycles. The third-order valence-electron chi connectivity index (χ3n) is 1.75. The van der Waals surface area contributed by atoms with Crippen LogP contribution in [-0.2, 0) is 9.53 Å². The van der Waals surface area contributed by atoms with Crippen LogP contribution in [0.3, 0.4) is 0 Å². The van der Waals surface area contributed by atoms with Crippen LogP contribution in [-0.4, -0.2) is 13.1 Å². The van der Waals surface area contributed by atoms with Gasteiger partial charge in [-0.15, -0.1) is 0 Å². The second-order valence-electron chi connectivity index (χ2n) is 2.67. The fourth-order valence-corrected chi connectivity index (χ4v) is 1.42. The molecule has 14 heavy (non-hydrogen) atoms. The summed E-state index contributed by atoms with van der Waals surface area (Å²) in [7, 11) is 1.26. The molecule has 0 spiro atoms. The summed E-state index contributed by atoms with van der Waals surface area (Å²) in [5.41, 5.74) is 6.07. The standard InChI is InChI=1S/C9H9Cl2NO2/c1-14-9(13)8(12)6-4-5(10)2-3-7(6)11/h2-4,8H,12H2,1H3. The highest BCUT2D eigenvalue weighted by Gasteiger charge is 2.19. The van der Waals surface area contributed by atoms with E-state index < -0.39 is 12.0 Å². The zero-order chi connectivity index (χ0) is 10.7. The number of nitrogens with two attached hydrogens (primary N) is 1. The molecular formula is C9H9Cl2NO2. The summed E-state index contributed by atoms with van der Waals surface area (Å²) in [5.74, 6) is -0.547. The lowest BCUT2D eigenvalue weighted by molar-refractivity contribution is -0.142. The van der Waals surface area contributed by atoms with Crippen molar-refractivity contribution in [1.29, 1.82) is 0 Å². The lowest BCUT2D eigenvalue weighted by atomic mass is 10.1. The number of methoxy groups -OCH3 is 1. The molecule has 1 rings (SSSR count). The number of ether oxygens (including phenoxy) is 1. The molecule has 0 aliphatic carbocycles. The smallest absolute Gasteiger partial charge is 0.327 e. The summed E-state index contributed by atoms with van der Waals surface area (Å²) in [6.45, 7) is 0. The summed E-state index contributed by atoms with van der Waals surface area (Å²) in [5, 5.41) is 0.871. The molecule has 1 aromatic carbocycles. The number of benzene rings is 1. The van der Waals surface area contributed by atoms with E-state index in [1.165, 1.54) is 7.11 Å². The molecule has 3 nitrogen and oxygen atoms in total. The predicted octanol–water partition coefficient (Wildman–Crippen LogP) is 2.17. The fourth-order valence-electron chi connectivity index (χ4n) is 1.01. The third-order valence-corrected chi connectivity index (χ3v) is 2.33. The Bertz CT molecular complexity index is 355. The summed E-state index contributed by atoms with van der Waals surface area (Å²) >= 11 is 11.6. The van der Waals surface area contributed by atoms with E-state index in [9.17, 15) is 4.79 Å². The van der Waals surface area contributed by atoms with Crippen LogP contribution in [0, 0.1) is 0 Å². The van der Waals surface area contributed by atoms with Gasteiger partial charge >= 0.3 is 5.97 Å². The first kappa shape index (κ1) is 11.3. The largest absolute Gasteiger partial charge is 0.468 e. The maximum absolute atomic E-state index is 11.1. The van der Waals surface area contributed by atoms with Crippen LogP contribution < -0.4 is 5.73 Å². The van der Waals surface area contributed by atoms with Gasteiger partial charge in [0.25, 0.3) is 0 Å². The van der Waals surface area contributed by atoms with E-state index in [1.54, 1.807) is 18.2 Å². The molecule has 0 radical (unpaired) electrons. The molecule has 76 valence electrons. The van der Waals surface area contributed by atoms with Gasteiger partial charge in [-0.25, -0.2) is 0 Å². The number of halogens is 2. The molecule has 0 bridgehead atoms. The van der Waals surface area contributed by atoms with Crippen LogP contribution in [0.15, 0.2) is 18.2 Å². The second-order valence-corrected chi connectivity index (χ2v) is 3.51. The van der Waals surface area contributed by atoms with Crippen molar-refractivity contribution < 1.29 is 9.53 Å². The van der Waals surface area contributed by atoms with Gasteiger partial charge in [-0.3, -0.25) is 4.79 Å². The quantitative estimate of drug-likeness (QED) is 0.797. The van der Waals surface area contributed by atoms with Crippen molar-refractivity contribution in [3.05, 3.63) is 33.8 Å². The number of carbonyl (C=O) groups excluding carboxylic acids is 1. The Labute approximate surface area is 91.7 Å². The average Bonchev–Trinajstić information content (AvgIpc) is 2.19. The van der Waals surface area contributed by atoms with Gasteiger partial charge in [0.2, 0.25) is 0 Å². The third kappa shape index (κ3) is 2.38. The monoisotopic (exact) mass is 233 g/mol. The normalized spacial score (nSPS) is 12.3. The Morgan fingerprint density at radius 3 is 2.71 bits per heavy atom. The van der Waals surface area contributed by atoms with Crippen molar-refractivity contribution >= 4 is 29.2 Å². The van der Waals surface area contributed by atoms with Gasteiger partial charge in [-0.05, 0) is 18.2 Å². The van der Waals surface area contributed by atoms with Gasteiger partial charge in [-0.2, -0.15) is 0 Å². The zero-order valence-electron chi connectivity index (χ0n) is 7.46. The van der Waals surface area contributed by atoms with Crippen LogP contribution >= 0.6 is 23.2 Å². The van der Waals surface area contributed by atoms with Crippen molar-refractivity contribution in [2.24, 2.45) is 5.73 Å². The van der Waals surface area contributed by atoms with Crippen molar-refractivity contribution in [1.82, 2.24) is 0 Å². The molecule has 1 unspecified atom stereocenters. The van der Waals surface area contributed by atoms with Gasteiger partial charge < -0.3 is 10.5 Å². The Balaban J connectivity index is 3.05. The first-order valence-electron chi connectivity index (χ1n) is 3.84. The topological polar surface area (TPSA) is 52.3 Å². The molecule has 0 saturated heterocycles. The molecule has 5 heteroatoms. The summed E-state index contributed by atoms with van der Waals surface area (Å²) in [6, 6.07) is 3.86. The molecule has 2 N–H and O–H groups in total. The lowest BCUT2D eigenvalue weighted by Crippen LogP contribution is -2.22. The van der Waals surface area contributed by atoms with E-state index in [0.29, 0.717) is 15.6 Å². The molecule has 1 aromatic rings. The highest BCUT2D eigenvalue weighted by atomic mass is 35.5. The highest BCUT2D eigenvalue weighted by Crippen LogP contribution is 2.25. The summed E-state index contributed by atoms with van der Waals surface area (Å²) < 4.78 is 4.50.